The number of hydrogen-bond acceptors (Lipinski definition) is 6. The second kappa shape index (κ2) is 7.57. The molecule has 140 valence electrons. The minimum Gasteiger partial charge on any atom is -0.301 e. The molecule has 1 N–H and O–H groups in total. The Morgan fingerprint density at radius 3 is 2.54 bits per heavy atom. The molecular formula is C20H15N3O3S2. The molecule has 8 heteroatoms. The minimum absolute atomic E-state index is 0.0594. The van der Waals surface area contributed by atoms with Crippen molar-refractivity contribution in [1.29, 1.82) is 0 Å². The molecule has 0 saturated carbocycles. The highest BCUT2D eigenvalue weighted by atomic mass is 32.2. The van der Waals surface area contributed by atoms with Crippen molar-refractivity contribution in [3.63, 3.8) is 0 Å². The van der Waals surface area contributed by atoms with Crippen LogP contribution in [0.15, 0.2) is 64.5 Å². The normalized spacial score (nSPS) is 11.0. The van der Waals surface area contributed by atoms with Crippen LogP contribution in [-0.2, 0) is 5.75 Å². The van der Waals surface area contributed by atoms with Crippen molar-refractivity contribution in [2.24, 2.45) is 0 Å². The van der Waals surface area contributed by atoms with Gasteiger partial charge in [-0.2, -0.15) is 0 Å². The van der Waals surface area contributed by atoms with Crippen molar-refractivity contribution in [1.82, 2.24) is 9.97 Å². The summed E-state index contributed by atoms with van der Waals surface area (Å²) in [5, 5.41) is 11.9. The molecule has 4 rings (SSSR count). The average Bonchev–Trinajstić information content (AvgIpc) is 3.03. The summed E-state index contributed by atoms with van der Waals surface area (Å²) in [5.41, 5.74) is 2.76. The summed E-state index contributed by atoms with van der Waals surface area (Å²) < 4.78 is 0. The van der Waals surface area contributed by atoms with Gasteiger partial charge in [-0.25, -0.2) is 4.98 Å². The van der Waals surface area contributed by atoms with Gasteiger partial charge >= 0.3 is 0 Å². The Hall–Kier alpha value is -2.97. The Morgan fingerprint density at radius 2 is 1.86 bits per heavy atom. The molecule has 0 amide bonds. The van der Waals surface area contributed by atoms with Crippen LogP contribution in [0.1, 0.15) is 10.4 Å². The third kappa shape index (κ3) is 3.56. The lowest BCUT2D eigenvalue weighted by Gasteiger charge is -2.03. The molecule has 0 aliphatic rings. The monoisotopic (exact) mass is 409 g/mol. The highest BCUT2D eigenvalue weighted by Crippen LogP contribution is 2.36. The maximum Gasteiger partial charge on any atom is 0.269 e. The zero-order valence-electron chi connectivity index (χ0n) is 14.8. The molecule has 4 aromatic rings. The van der Waals surface area contributed by atoms with E-state index in [1.54, 1.807) is 12.1 Å². The van der Waals surface area contributed by atoms with Gasteiger partial charge in [-0.05, 0) is 18.1 Å². The smallest absolute Gasteiger partial charge is 0.269 e. The van der Waals surface area contributed by atoms with Crippen LogP contribution in [0.2, 0.25) is 0 Å². The van der Waals surface area contributed by atoms with E-state index < -0.39 is 4.92 Å². The predicted molar refractivity (Wildman–Crippen MR) is 113 cm³/mol. The van der Waals surface area contributed by atoms with Gasteiger partial charge in [-0.15, -0.1) is 11.3 Å². The average molecular weight is 409 g/mol. The molecule has 6 nitrogen and oxygen atoms in total. The maximum atomic E-state index is 12.8. The van der Waals surface area contributed by atoms with E-state index >= 15 is 0 Å². The third-order valence-electron chi connectivity index (χ3n) is 4.30. The van der Waals surface area contributed by atoms with Crippen LogP contribution in [0, 0.1) is 17.0 Å². The van der Waals surface area contributed by atoms with Gasteiger partial charge in [0.05, 0.1) is 10.3 Å². The number of non-ortho nitro benzene ring substituents is 1. The van der Waals surface area contributed by atoms with Gasteiger partial charge in [0.1, 0.15) is 4.83 Å². The third-order valence-corrected chi connectivity index (χ3v) is 6.25. The Bertz CT molecular complexity index is 1220. The number of thiophene rings is 1. The lowest BCUT2D eigenvalue weighted by atomic mass is 10.0. The lowest BCUT2D eigenvalue weighted by Crippen LogP contribution is -2.08. The number of H-pyrrole nitrogens is 1. The van der Waals surface area contributed by atoms with Crippen molar-refractivity contribution in [2.45, 2.75) is 17.8 Å². The number of rotatable bonds is 5. The standard InChI is InChI=1S/C20H15N3O3S2/c1-12-16(14-5-3-2-4-6-14)17-18(24)21-20(22-19(17)28-12)27-11-13-7-9-15(10-8-13)23(25)26/h2-10H,11H2,1H3,(H,21,22,24). The van der Waals surface area contributed by atoms with Gasteiger partial charge in [0.15, 0.2) is 5.16 Å². The van der Waals surface area contributed by atoms with Crippen molar-refractivity contribution < 1.29 is 4.92 Å². The van der Waals surface area contributed by atoms with E-state index in [9.17, 15) is 14.9 Å². The van der Waals surface area contributed by atoms with Crippen molar-refractivity contribution in [3.8, 4) is 11.1 Å². The summed E-state index contributed by atoms with van der Waals surface area (Å²) in [7, 11) is 0. The fourth-order valence-electron chi connectivity index (χ4n) is 2.99. The molecular weight excluding hydrogens is 394 g/mol. The first-order valence-electron chi connectivity index (χ1n) is 8.48. The summed E-state index contributed by atoms with van der Waals surface area (Å²) in [6.45, 7) is 2.00. The fraction of sp³-hybridized carbons (Fsp3) is 0.100. The number of hydrogen-bond donors (Lipinski definition) is 1. The maximum absolute atomic E-state index is 12.8. The molecule has 0 aliphatic heterocycles. The van der Waals surface area contributed by atoms with Gasteiger partial charge < -0.3 is 4.98 Å². The highest BCUT2D eigenvalue weighted by molar-refractivity contribution is 7.98. The molecule has 2 heterocycles. The van der Waals surface area contributed by atoms with Crippen molar-refractivity contribution >= 4 is 39.0 Å². The zero-order chi connectivity index (χ0) is 19.7. The van der Waals surface area contributed by atoms with E-state index in [1.165, 1.54) is 35.2 Å². The predicted octanol–water partition coefficient (Wildman–Crippen LogP) is 5.16. The Kier molecular flexibility index (Phi) is 4.97. The molecule has 0 aliphatic carbocycles. The van der Waals surface area contributed by atoms with E-state index in [0.717, 1.165) is 21.6 Å². The number of fused-ring (bicyclic) bond motifs is 1. The fourth-order valence-corrected chi connectivity index (χ4v) is 4.91. The molecule has 0 unspecified atom stereocenters. The largest absolute Gasteiger partial charge is 0.301 e. The van der Waals surface area contributed by atoms with E-state index in [-0.39, 0.29) is 11.2 Å². The Balaban J connectivity index is 1.63. The number of aromatic nitrogens is 2. The van der Waals surface area contributed by atoms with Gasteiger partial charge in [0, 0.05) is 28.3 Å². The van der Waals surface area contributed by atoms with E-state index in [0.29, 0.717) is 21.1 Å². The van der Waals surface area contributed by atoms with E-state index in [4.69, 9.17) is 0 Å². The molecule has 28 heavy (non-hydrogen) atoms. The van der Waals surface area contributed by atoms with Crippen LogP contribution in [0.5, 0.6) is 0 Å². The Morgan fingerprint density at radius 1 is 1.14 bits per heavy atom. The summed E-state index contributed by atoms with van der Waals surface area (Å²) in [5.74, 6) is 0.558. The first-order valence-corrected chi connectivity index (χ1v) is 10.3. The quantitative estimate of drug-likeness (QED) is 0.213. The van der Waals surface area contributed by atoms with E-state index in [2.05, 4.69) is 9.97 Å². The number of nitro benzene ring substituents is 1. The number of aryl methyl sites for hydroxylation is 1. The second-order valence-electron chi connectivity index (χ2n) is 6.16. The van der Waals surface area contributed by atoms with E-state index in [1.807, 2.05) is 37.3 Å². The number of nitrogens with zero attached hydrogens (tertiary/aromatic N) is 2. The first kappa shape index (κ1) is 18.4. The number of aromatic amines is 1. The summed E-state index contributed by atoms with van der Waals surface area (Å²) in [6.07, 6.45) is 0. The van der Waals surface area contributed by atoms with Crippen LogP contribution in [-0.4, -0.2) is 14.9 Å². The van der Waals surface area contributed by atoms with Crippen LogP contribution in [0.3, 0.4) is 0 Å². The zero-order valence-corrected chi connectivity index (χ0v) is 16.5. The molecule has 0 bridgehead atoms. The molecule has 2 aromatic heterocycles. The van der Waals surface area contributed by atoms with Crippen LogP contribution in [0.25, 0.3) is 21.3 Å². The van der Waals surface area contributed by atoms with Gasteiger partial charge in [-0.3, -0.25) is 14.9 Å². The molecule has 0 radical (unpaired) electrons. The molecule has 0 fully saturated rings. The summed E-state index contributed by atoms with van der Waals surface area (Å²) in [4.78, 5) is 32.3. The van der Waals surface area contributed by atoms with Crippen molar-refractivity contribution in [3.05, 3.63) is 85.5 Å². The molecule has 0 saturated heterocycles. The van der Waals surface area contributed by atoms with Gasteiger partial charge in [0.2, 0.25) is 0 Å². The second-order valence-corrected chi connectivity index (χ2v) is 8.33. The van der Waals surface area contributed by atoms with Crippen LogP contribution >= 0.6 is 23.1 Å². The molecule has 2 aromatic carbocycles. The van der Waals surface area contributed by atoms with Crippen molar-refractivity contribution in [2.75, 3.05) is 0 Å². The summed E-state index contributed by atoms with van der Waals surface area (Å²) >= 11 is 2.91. The first-order chi connectivity index (χ1) is 13.5. The molecule has 0 spiro atoms. The van der Waals surface area contributed by atoms with Gasteiger partial charge in [-0.1, -0.05) is 54.2 Å². The SMILES string of the molecule is Cc1sc2nc(SCc3ccc([N+](=O)[O-])cc3)[nH]c(=O)c2c1-c1ccccc1. The lowest BCUT2D eigenvalue weighted by molar-refractivity contribution is -0.384. The highest BCUT2D eigenvalue weighted by Gasteiger charge is 2.16. The number of nitro groups is 1. The van der Waals surface area contributed by atoms with Gasteiger partial charge in [0.25, 0.3) is 11.2 Å². The van der Waals surface area contributed by atoms with Crippen LogP contribution < -0.4 is 5.56 Å². The number of thioether (sulfide) groups is 1. The summed E-state index contributed by atoms with van der Waals surface area (Å²) in [6, 6.07) is 16.2. The number of benzene rings is 2. The molecule has 0 atom stereocenters. The number of nitrogens with one attached hydrogen (secondary N) is 1. The van der Waals surface area contributed by atoms with Crippen LogP contribution in [0.4, 0.5) is 5.69 Å². The Labute approximate surface area is 168 Å². The minimum atomic E-state index is -0.423. The topological polar surface area (TPSA) is 88.9 Å².